The summed E-state index contributed by atoms with van der Waals surface area (Å²) in [5.74, 6) is -2.28. The number of hydrogen-bond donors (Lipinski definition) is 0. The van der Waals surface area contributed by atoms with Crippen LogP contribution in [0.4, 0.5) is 13.2 Å². The minimum absolute atomic E-state index is 0.226. The van der Waals surface area contributed by atoms with Crippen molar-refractivity contribution in [1.29, 1.82) is 0 Å². The van der Waals surface area contributed by atoms with E-state index in [1.54, 1.807) is 0 Å². The third-order valence-corrected chi connectivity index (χ3v) is 5.51. The zero-order valence-corrected chi connectivity index (χ0v) is 18.9. The second-order valence-corrected chi connectivity index (χ2v) is 8.06. The molecule has 1 aromatic carbocycles. The molecule has 0 amide bonds. The molecule has 0 spiro atoms. The molecule has 5 nitrogen and oxygen atoms in total. The molecule has 31 heavy (non-hydrogen) atoms. The van der Waals surface area contributed by atoms with Crippen LogP contribution in [0.25, 0.3) is 0 Å². The number of alkyl halides is 3. The van der Waals surface area contributed by atoms with Gasteiger partial charge < -0.3 is 14.2 Å². The van der Waals surface area contributed by atoms with Crippen molar-refractivity contribution in [2.24, 2.45) is 5.41 Å². The van der Waals surface area contributed by atoms with Crippen LogP contribution in [-0.2, 0) is 29.4 Å². The van der Waals surface area contributed by atoms with E-state index in [1.807, 2.05) is 0 Å². The summed E-state index contributed by atoms with van der Waals surface area (Å²) in [4.78, 5) is 25.3. The van der Waals surface area contributed by atoms with E-state index in [2.05, 4.69) is 6.92 Å². The van der Waals surface area contributed by atoms with Crippen molar-refractivity contribution in [1.82, 2.24) is 0 Å². The Morgan fingerprint density at radius 3 is 2.00 bits per heavy atom. The Morgan fingerprint density at radius 1 is 0.935 bits per heavy atom. The Hall–Kier alpha value is -2.09. The molecule has 0 aliphatic heterocycles. The van der Waals surface area contributed by atoms with Crippen molar-refractivity contribution in [3.05, 3.63) is 35.9 Å². The first kappa shape index (κ1) is 26.9. The molecule has 0 aliphatic carbocycles. The van der Waals surface area contributed by atoms with Gasteiger partial charge in [0.15, 0.2) is 0 Å². The third-order valence-electron chi connectivity index (χ3n) is 5.51. The molecule has 0 radical (unpaired) electrons. The van der Waals surface area contributed by atoms with Gasteiger partial charge in [0, 0.05) is 12.7 Å². The van der Waals surface area contributed by atoms with Crippen LogP contribution in [-0.4, -0.2) is 38.4 Å². The monoisotopic (exact) mass is 446 g/mol. The van der Waals surface area contributed by atoms with Gasteiger partial charge in [-0.15, -0.1) is 0 Å². The fraction of sp³-hybridized carbons (Fsp3) is 0.652. The fourth-order valence-electron chi connectivity index (χ4n) is 3.49. The van der Waals surface area contributed by atoms with Crippen molar-refractivity contribution >= 4 is 11.9 Å². The van der Waals surface area contributed by atoms with Crippen molar-refractivity contribution in [3.63, 3.8) is 0 Å². The highest BCUT2D eigenvalue weighted by molar-refractivity contribution is 5.84. The van der Waals surface area contributed by atoms with E-state index in [1.165, 1.54) is 39.2 Å². The lowest BCUT2D eigenvalue weighted by molar-refractivity contribution is -0.279. The van der Waals surface area contributed by atoms with Gasteiger partial charge in [0.05, 0.1) is 12.5 Å². The zero-order chi connectivity index (χ0) is 23.7. The van der Waals surface area contributed by atoms with E-state index in [0.717, 1.165) is 44.9 Å². The Labute approximate surface area is 182 Å². The molecule has 176 valence electrons. The molecular formula is C23H33F3O5. The smallest absolute Gasteiger partial charge is 0.432 e. The first-order valence-corrected chi connectivity index (χ1v) is 10.5. The Kier molecular flexibility index (Phi) is 10.0. The molecule has 0 unspecified atom stereocenters. The van der Waals surface area contributed by atoms with Gasteiger partial charge in [-0.1, -0.05) is 62.9 Å². The highest BCUT2D eigenvalue weighted by Gasteiger charge is 2.64. The molecule has 8 heteroatoms. The SMILES string of the molecule is CCCCCCC[C@H](OC(=O)[C@@](OC)(c1ccccc1)C(F)(F)F)C(C)(C)C(=O)OC. The van der Waals surface area contributed by atoms with Crippen LogP contribution in [0.15, 0.2) is 30.3 Å². The quantitative estimate of drug-likeness (QED) is 0.311. The summed E-state index contributed by atoms with van der Waals surface area (Å²) in [6.45, 7) is 5.05. The summed E-state index contributed by atoms with van der Waals surface area (Å²) in [7, 11) is 2.00. The first-order chi connectivity index (χ1) is 14.5. The molecular weight excluding hydrogens is 413 g/mol. The second kappa shape index (κ2) is 11.5. The zero-order valence-electron chi connectivity index (χ0n) is 18.9. The number of carbonyl (C=O) groups is 2. The van der Waals surface area contributed by atoms with E-state index >= 15 is 0 Å². The largest absolute Gasteiger partial charge is 0.469 e. The van der Waals surface area contributed by atoms with Crippen LogP contribution in [0.2, 0.25) is 0 Å². The van der Waals surface area contributed by atoms with Crippen molar-refractivity contribution in [2.45, 2.75) is 77.2 Å². The standard InChI is InChI=1S/C23H33F3O5/c1-6-7-8-9-13-16-18(21(2,3)19(27)29-4)31-20(28)22(30-5,23(24,25)26)17-14-11-10-12-15-17/h10-12,14-15,18H,6-9,13,16H2,1-5H3/t18-,22-/m0/s1. The van der Waals surface area contributed by atoms with E-state index in [9.17, 15) is 22.8 Å². The number of halogens is 3. The van der Waals surface area contributed by atoms with Crippen LogP contribution >= 0.6 is 0 Å². The lowest BCUT2D eigenvalue weighted by Gasteiger charge is -2.37. The number of esters is 2. The summed E-state index contributed by atoms with van der Waals surface area (Å²) < 4.78 is 57.5. The van der Waals surface area contributed by atoms with Gasteiger partial charge in [0.25, 0.3) is 5.60 Å². The lowest BCUT2D eigenvalue weighted by atomic mass is 9.83. The van der Waals surface area contributed by atoms with Gasteiger partial charge in [-0.3, -0.25) is 4.79 Å². The number of benzene rings is 1. The molecule has 2 atom stereocenters. The van der Waals surface area contributed by atoms with Crippen LogP contribution in [0, 0.1) is 5.41 Å². The predicted octanol–water partition coefficient (Wildman–Crippen LogP) is 5.56. The van der Waals surface area contributed by atoms with Crippen molar-refractivity contribution in [3.8, 4) is 0 Å². The fourth-order valence-corrected chi connectivity index (χ4v) is 3.49. The van der Waals surface area contributed by atoms with Crippen LogP contribution in [0.1, 0.15) is 64.9 Å². The molecule has 0 saturated carbocycles. The van der Waals surface area contributed by atoms with Crippen molar-refractivity contribution < 1.29 is 37.0 Å². The number of ether oxygens (including phenoxy) is 3. The minimum Gasteiger partial charge on any atom is -0.469 e. The van der Waals surface area contributed by atoms with Gasteiger partial charge in [0.2, 0.25) is 0 Å². The van der Waals surface area contributed by atoms with E-state index in [4.69, 9.17) is 14.2 Å². The molecule has 1 rings (SSSR count). The van der Waals surface area contributed by atoms with E-state index < -0.39 is 40.8 Å². The molecule has 0 N–H and O–H groups in total. The van der Waals surface area contributed by atoms with E-state index in [0.29, 0.717) is 6.42 Å². The number of carbonyl (C=O) groups excluding carboxylic acids is 2. The summed E-state index contributed by atoms with van der Waals surface area (Å²) in [5, 5.41) is 0. The van der Waals surface area contributed by atoms with Gasteiger partial charge in [-0.25, -0.2) is 4.79 Å². The molecule has 0 bridgehead atoms. The minimum atomic E-state index is -5.08. The number of rotatable bonds is 12. The normalized spacial score (nSPS) is 15.1. The maximum atomic E-state index is 14.2. The Balaban J connectivity index is 3.27. The topological polar surface area (TPSA) is 61.8 Å². The number of unbranched alkanes of at least 4 members (excludes halogenated alkanes) is 4. The van der Waals surface area contributed by atoms with Crippen LogP contribution in [0.3, 0.4) is 0 Å². The summed E-state index contributed by atoms with van der Waals surface area (Å²) in [6.07, 6.45) is -1.56. The summed E-state index contributed by atoms with van der Waals surface area (Å²) in [5.41, 5.74) is -5.04. The van der Waals surface area contributed by atoms with Crippen LogP contribution in [0.5, 0.6) is 0 Å². The number of methoxy groups -OCH3 is 2. The van der Waals surface area contributed by atoms with Gasteiger partial charge in [0.1, 0.15) is 6.10 Å². The molecule has 0 fully saturated rings. The highest BCUT2D eigenvalue weighted by atomic mass is 19.4. The third kappa shape index (κ3) is 6.21. The average Bonchev–Trinajstić information content (AvgIpc) is 2.72. The van der Waals surface area contributed by atoms with Gasteiger partial charge >= 0.3 is 18.1 Å². The average molecular weight is 447 g/mol. The highest BCUT2D eigenvalue weighted by Crippen LogP contribution is 2.44. The van der Waals surface area contributed by atoms with E-state index in [-0.39, 0.29) is 6.42 Å². The predicted molar refractivity (Wildman–Crippen MR) is 110 cm³/mol. The Bertz CT molecular complexity index is 703. The molecule has 0 heterocycles. The summed E-state index contributed by atoms with van der Waals surface area (Å²) >= 11 is 0. The summed E-state index contributed by atoms with van der Waals surface area (Å²) in [6, 6.07) is 6.61. The Morgan fingerprint density at radius 2 is 1.52 bits per heavy atom. The van der Waals surface area contributed by atoms with Gasteiger partial charge in [-0.2, -0.15) is 13.2 Å². The molecule has 1 aromatic rings. The van der Waals surface area contributed by atoms with Crippen molar-refractivity contribution in [2.75, 3.05) is 14.2 Å². The maximum Gasteiger partial charge on any atom is 0.432 e. The molecule has 0 saturated heterocycles. The molecule has 0 aromatic heterocycles. The number of hydrogen-bond acceptors (Lipinski definition) is 5. The van der Waals surface area contributed by atoms with Crippen LogP contribution < -0.4 is 0 Å². The first-order valence-electron chi connectivity index (χ1n) is 10.5. The lowest BCUT2D eigenvalue weighted by Crippen LogP contribution is -2.54. The maximum absolute atomic E-state index is 14.2. The van der Waals surface area contributed by atoms with Gasteiger partial charge in [-0.05, 0) is 26.7 Å². The molecule has 0 aliphatic rings. The second-order valence-electron chi connectivity index (χ2n) is 8.06.